The first kappa shape index (κ1) is 15.4. The lowest BCUT2D eigenvalue weighted by atomic mass is 10.0. The highest BCUT2D eigenvalue weighted by Gasteiger charge is 2.27. The number of likely N-dealkylation sites (N-methyl/N-ethyl adjacent to an activating group) is 2. The van der Waals surface area contributed by atoms with Gasteiger partial charge in [-0.15, -0.1) is 0 Å². The largest absolute Gasteiger partial charge is 0.304 e. The van der Waals surface area contributed by atoms with E-state index in [-0.39, 0.29) is 18.2 Å². The van der Waals surface area contributed by atoms with Crippen molar-refractivity contribution < 1.29 is 9.18 Å². The van der Waals surface area contributed by atoms with Crippen molar-refractivity contribution in [3.63, 3.8) is 0 Å². The summed E-state index contributed by atoms with van der Waals surface area (Å²) in [6.45, 7) is 2.58. The Balaban J connectivity index is 2.09. The van der Waals surface area contributed by atoms with Gasteiger partial charge in [-0.05, 0) is 51.3 Å². The van der Waals surface area contributed by atoms with Crippen LogP contribution in [0.15, 0.2) is 18.2 Å². The van der Waals surface area contributed by atoms with Crippen LogP contribution in [0.25, 0.3) is 0 Å². The molecule has 1 aromatic rings. The predicted molar refractivity (Wildman–Crippen MR) is 78.7 cm³/mol. The molecule has 3 nitrogen and oxygen atoms in total. The van der Waals surface area contributed by atoms with Crippen molar-refractivity contribution in [2.24, 2.45) is 0 Å². The molecule has 1 aromatic carbocycles. The van der Waals surface area contributed by atoms with E-state index in [1.54, 1.807) is 12.1 Å². The maximum atomic E-state index is 13.8. The number of Topliss-reactive ketones (excluding diaryl/α,β-unsaturated/α-hetero) is 1. The van der Waals surface area contributed by atoms with Gasteiger partial charge in [0.05, 0.1) is 6.04 Å². The second kappa shape index (κ2) is 6.66. The van der Waals surface area contributed by atoms with Crippen molar-refractivity contribution in [1.29, 1.82) is 0 Å². The number of hydrogen-bond donors (Lipinski definition) is 0. The van der Waals surface area contributed by atoms with E-state index in [9.17, 15) is 9.18 Å². The molecule has 110 valence electrons. The SMILES string of the molecule is CN1CCCN(C)C(C(=O)Cc2ccc(Cl)cc2F)C1. The number of ketones is 1. The predicted octanol–water partition coefficient (Wildman–Crippen LogP) is 2.23. The second-order valence-electron chi connectivity index (χ2n) is 5.49. The third-order valence-electron chi connectivity index (χ3n) is 3.82. The number of hydrogen-bond acceptors (Lipinski definition) is 3. The normalized spacial score (nSPS) is 21.7. The molecule has 0 N–H and O–H groups in total. The van der Waals surface area contributed by atoms with E-state index >= 15 is 0 Å². The zero-order valence-electron chi connectivity index (χ0n) is 11.9. The quantitative estimate of drug-likeness (QED) is 0.855. The fraction of sp³-hybridized carbons (Fsp3) is 0.533. The van der Waals surface area contributed by atoms with E-state index in [0.29, 0.717) is 17.1 Å². The molecule has 1 aliphatic heterocycles. The summed E-state index contributed by atoms with van der Waals surface area (Å²) < 4.78 is 13.8. The zero-order chi connectivity index (χ0) is 14.7. The Hall–Kier alpha value is -0.970. The van der Waals surface area contributed by atoms with E-state index in [1.807, 2.05) is 14.1 Å². The van der Waals surface area contributed by atoms with E-state index in [0.717, 1.165) is 19.5 Å². The molecule has 0 saturated carbocycles. The second-order valence-corrected chi connectivity index (χ2v) is 5.93. The van der Waals surface area contributed by atoms with Crippen LogP contribution < -0.4 is 0 Å². The van der Waals surface area contributed by atoms with Gasteiger partial charge >= 0.3 is 0 Å². The number of carbonyl (C=O) groups is 1. The summed E-state index contributed by atoms with van der Waals surface area (Å²) in [5, 5.41) is 0.352. The van der Waals surface area contributed by atoms with Crippen molar-refractivity contribution >= 4 is 17.4 Å². The van der Waals surface area contributed by atoms with Gasteiger partial charge in [0.1, 0.15) is 5.82 Å². The number of nitrogens with zero attached hydrogens (tertiary/aromatic N) is 2. The fourth-order valence-electron chi connectivity index (χ4n) is 2.59. The maximum Gasteiger partial charge on any atom is 0.155 e. The Bertz CT molecular complexity index is 495. The molecule has 20 heavy (non-hydrogen) atoms. The van der Waals surface area contributed by atoms with Crippen LogP contribution in [0.5, 0.6) is 0 Å². The first-order valence-electron chi connectivity index (χ1n) is 6.83. The molecule has 1 saturated heterocycles. The van der Waals surface area contributed by atoms with Crippen molar-refractivity contribution in [2.45, 2.75) is 18.9 Å². The van der Waals surface area contributed by atoms with E-state index in [1.165, 1.54) is 6.07 Å². The molecule has 1 fully saturated rings. The lowest BCUT2D eigenvalue weighted by molar-refractivity contribution is -0.123. The van der Waals surface area contributed by atoms with Gasteiger partial charge in [-0.3, -0.25) is 9.69 Å². The molecule has 1 atom stereocenters. The number of carbonyl (C=O) groups excluding carboxylic acids is 1. The monoisotopic (exact) mass is 298 g/mol. The van der Waals surface area contributed by atoms with Gasteiger partial charge in [0.2, 0.25) is 0 Å². The molecule has 2 rings (SSSR count). The van der Waals surface area contributed by atoms with Crippen molar-refractivity contribution in [3.05, 3.63) is 34.6 Å². The van der Waals surface area contributed by atoms with Crippen LogP contribution >= 0.6 is 11.6 Å². The Morgan fingerprint density at radius 2 is 2.15 bits per heavy atom. The first-order chi connectivity index (χ1) is 9.47. The molecule has 1 unspecified atom stereocenters. The molecule has 5 heteroatoms. The third-order valence-corrected chi connectivity index (χ3v) is 4.05. The zero-order valence-corrected chi connectivity index (χ0v) is 12.7. The highest BCUT2D eigenvalue weighted by atomic mass is 35.5. The topological polar surface area (TPSA) is 23.6 Å². The summed E-state index contributed by atoms with van der Waals surface area (Å²) in [6.07, 6.45) is 1.16. The average Bonchev–Trinajstić information content (AvgIpc) is 2.54. The maximum absolute atomic E-state index is 13.8. The van der Waals surface area contributed by atoms with Crippen molar-refractivity contribution in [3.8, 4) is 0 Å². The summed E-state index contributed by atoms with van der Waals surface area (Å²) >= 11 is 5.73. The molecule has 0 radical (unpaired) electrons. The Morgan fingerprint density at radius 1 is 1.40 bits per heavy atom. The summed E-state index contributed by atoms with van der Waals surface area (Å²) in [5.74, 6) is -0.349. The fourth-order valence-corrected chi connectivity index (χ4v) is 2.75. The van der Waals surface area contributed by atoms with Gasteiger partial charge in [0.25, 0.3) is 0 Å². The molecular weight excluding hydrogens is 279 g/mol. The molecule has 0 spiro atoms. The van der Waals surface area contributed by atoms with Gasteiger partial charge in [-0.1, -0.05) is 17.7 Å². The van der Waals surface area contributed by atoms with Gasteiger partial charge in [-0.25, -0.2) is 4.39 Å². The van der Waals surface area contributed by atoms with Gasteiger partial charge in [0, 0.05) is 18.0 Å². The van der Waals surface area contributed by atoms with E-state index in [4.69, 9.17) is 11.6 Å². The highest BCUT2D eigenvalue weighted by molar-refractivity contribution is 6.30. The number of benzene rings is 1. The summed E-state index contributed by atoms with van der Waals surface area (Å²) in [5.41, 5.74) is 0.416. The van der Waals surface area contributed by atoms with Crippen molar-refractivity contribution in [2.75, 3.05) is 33.7 Å². The lowest BCUT2D eigenvalue weighted by Gasteiger charge is -2.26. The van der Waals surface area contributed by atoms with Crippen LogP contribution in [0, 0.1) is 5.82 Å². The molecule has 0 aliphatic carbocycles. The minimum atomic E-state index is -0.407. The van der Waals surface area contributed by atoms with Crippen LogP contribution in [-0.4, -0.2) is 55.4 Å². The minimum absolute atomic E-state index is 0.0578. The number of halogens is 2. The number of rotatable bonds is 3. The Morgan fingerprint density at radius 3 is 2.85 bits per heavy atom. The van der Waals surface area contributed by atoms with Crippen LogP contribution in [0.1, 0.15) is 12.0 Å². The smallest absolute Gasteiger partial charge is 0.155 e. The minimum Gasteiger partial charge on any atom is -0.304 e. The molecule has 0 bridgehead atoms. The molecule has 0 aromatic heterocycles. The van der Waals surface area contributed by atoms with Crippen molar-refractivity contribution in [1.82, 2.24) is 9.80 Å². The van der Waals surface area contributed by atoms with Crippen LogP contribution in [0.4, 0.5) is 4.39 Å². The Labute approximate surface area is 124 Å². The lowest BCUT2D eigenvalue weighted by Crippen LogP contribution is -2.44. The Kier molecular flexibility index (Phi) is 5.13. The van der Waals surface area contributed by atoms with Gasteiger partial charge in [-0.2, -0.15) is 0 Å². The average molecular weight is 299 g/mol. The van der Waals surface area contributed by atoms with Crippen LogP contribution in [0.2, 0.25) is 5.02 Å². The highest BCUT2D eigenvalue weighted by Crippen LogP contribution is 2.17. The van der Waals surface area contributed by atoms with E-state index < -0.39 is 5.82 Å². The molecule has 1 heterocycles. The third kappa shape index (κ3) is 3.78. The molecular formula is C15H20ClFN2O. The standard InChI is InChI=1S/C15H20ClFN2O/c1-18-6-3-7-19(2)14(10-18)15(20)8-11-4-5-12(16)9-13(11)17/h4-5,9,14H,3,6-8,10H2,1-2H3. The van der Waals surface area contributed by atoms with Gasteiger partial charge < -0.3 is 4.90 Å². The van der Waals surface area contributed by atoms with Gasteiger partial charge in [0.15, 0.2) is 5.78 Å². The molecule has 1 aliphatic rings. The summed E-state index contributed by atoms with van der Waals surface area (Å²) in [7, 11) is 3.97. The van der Waals surface area contributed by atoms with Crippen LogP contribution in [-0.2, 0) is 11.2 Å². The summed E-state index contributed by atoms with van der Waals surface area (Å²) in [4.78, 5) is 16.7. The first-order valence-corrected chi connectivity index (χ1v) is 7.20. The van der Waals surface area contributed by atoms with Crippen LogP contribution in [0.3, 0.4) is 0 Å². The van der Waals surface area contributed by atoms with E-state index in [2.05, 4.69) is 9.80 Å². The summed E-state index contributed by atoms with van der Waals surface area (Å²) in [6, 6.07) is 4.30. The molecule has 0 amide bonds.